The summed E-state index contributed by atoms with van der Waals surface area (Å²) in [6.45, 7) is 0. The molecule has 10 heteroatoms. The minimum Gasteiger partial charge on any atom is -0.550 e. The molecule has 0 saturated heterocycles. The number of carboxylic acid groups (broad SMARTS) is 4. The number of hydrogen-bond donors (Lipinski definition) is 2. The fraction of sp³-hybridized carbons (Fsp3) is 0.600. The van der Waals surface area contributed by atoms with Crippen LogP contribution in [0.15, 0.2) is 0 Å². The maximum Gasteiger partial charge on any atom is 0.0449 e. The van der Waals surface area contributed by atoms with Crippen molar-refractivity contribution < 1.29 is 39.6 Å². The predicted octanol–water partition coefficient (Wildman–Crippen LogP) is -7.06. The molecule has 10 nitrogen and oxygen atoms in total. The largest absolute Gasteiger partial charge is 0.550 e. The van der Waals surface area contributed by atoms with Gasteiger partial charge in [0.15, 0.2) is 0 Å². The maximum absolute atomic E-state index is 10.6. The number of nitrogens with two attached hydrogens (primary N) is 2. The van der Waals surface area contributed by atoms with Gasteiger partial charge in [0.1, 0.15) is 0 Å². The quantitative estimate of drug-likeness (QED) is 0.408. The lowest BCUT2D eigenvalue weighted by molar-refractivity contribution is -0.319. The van der Waals surface area contributed by atoms with Crippen LogP contribution in [-0.4, -0.2) is 35.0 Å². The summed E-state index contributed by atoms with van der Waals surface area (Å²) in [5.74, 6) is -7.33. The Kier molecular flexibility index (Phi) is 5.61. The van der Waals surface area contributed by atoms with E-state index < -0.39 is 60.6 Å². The number of carboxylic acids is 4. The molecular weight excluding hydrogens is 276 g/mol. The Morgan fingerprint density at radius 2 is 0.750 bits per heavy atom. The highest BCUT2D eigenvalue weighted by atomic mass is 16.4. The number of aliphatic carboxylic acids is 4. The monoisotopic (exact) mass is 288 g/mol. The molecule has 4 N–H and O–H groups in total. The van der Waals surface area contributed by atoms with Gasteiger partial charge < -0.3 is 51.1 Å². The van der Waals surface area contributed by atoms with E-state index in [2.05, 4.69) is 0 Å². The fourth-order valence-electron chi connectivity index (χ4n) is 1.86. The smallest absolute Gasteiger partial charge is 0.0449 e. The van der Waals surface area contributed by atoms with Gasteiger partial charge in [0.25, 0.3) is 0 Å². The normalized spacial score (nSPS) is 11.9. The summed E-state index contributed by atoms with van der Waals surface area (Å²) in [5, 5.41) is 42.5. The first-order valence-electron chi connectivity index (χ1n) is 5.29. The van der Waals surface area contributed by atoms with Gasteiger partial charge in [-0.1, -0.05) is 0 Å². The SMILES string of the molecule is NC(CC(=O)[O-])(CC(=O)[O-])C(N)(CC(=O)[O-])CC(=O)[O-]. The summed E-state index contributed by atoms with van der Waals surface area (Å²) >= 11 is 0. The van der Waals surface area contributed by atoms with E-state index in [0.29, 0.717) is 0 Å². The summed E-state index contributed by atoms with van der Waals surface area (Å²) in [6, 6.07) is 0. The van der Waals surface area contributed by atoms with E-state index in [9.17, 15) is 39.6 Å². The summed E-state index contributed by atoms with van der Waals surface area (Å²) in [5.41, 5.74) is 6.20. The topological polar surface area (TPSA) is 213 Å². The van der Waals surface area contributed by atoms with Gasteiger partial charge in [0, 0.05) is 60.6 Å². The minimum absolute atomic E-state index is 1.18. The standard InChI is InChI=1S/C10H16N2O8/c11-9(1-5(13)14,2-6(15)16)10(12,3-7(17)18)4-8(19)20/h1-4,11-12H2,(H,13,14)(H,15,16)(H,17,18)(H,19,20)/p-4. The van der Waals surface area contributed by atoms with E-state index in [4.69, 9.17) is 11.5 Å². The molecule has 0 atom stereocenters. The molecule has 0 aromatic heterocycles. The first-order chi connectivity index (χ1) is 8.92. The van der Waals surface area contributed by atoms with Crippen molar-refractivity contribution in [3.05, 3.63) is 0 Å². The van der Waals surface area contributed by atoms with Crippen molar-refractivity contribution in [3.8, 4) is 0 Å². The van der Waals surface area contributed by atoms with Crippen molar-refractivity contribution in [1.82, 2.24) is 0 Å². The average Bonchev–Trinajstić information content (AvgIpc) is 2.10. The zero-order valence-electron chi connectivity index (χ0n) is 10.2. The van der Waals surface area contributed by atoms with E-state index in [1.807, 2.05) is 0 Å². The molecule has 0 aliphatic rings. The highest BCUT2D eigenvalue weighted by Gasteiger charge is 2.46. The van der Waals surface area contributed by atoms with Crippen molar-refractivity contribution in [2.24, 2.45) is 11.5 Å². The zero-order chi connectivity index (χ0) is 16.1. The summed E-state index contributed by atoms with van der Waals surface area (Å²) in [4.78, 5) is 42.5. The Hall–Kier alpha value is -2.20. The summed E-state index contributed by atoms with van der Waals surface area (Å²) < 4.78 is 0. The van der Waals surface area contributed by atoms with Gasteiger partial charge in [-0.15, -0.1) is 0 Å². The van der Waals surface area contributed by atoms with E-state index in [1.165, 1.54) is 0 Å². The van der Waals surface area contributed by atoms with Crippen LogP contribution in [0.4, 0.5) is 0 Å². The zero-order valence-corrected chi connectivity index (χ0v) is 10.2. The third kappa shape index (κ3) is 4.82. The Morgan fingerprint density at radius 3 is 0.850 bits per heavy atom. The van der Waals surface area contributed by atoms with Crippen LogP contribution in [0, 0.1) is 0 Å². The van der Waals surface area contributed by atoms with E-state index in [0.717, 1.165) is 0 Å². The van der Waals surface area contributed by atoms with Gasteiger partial charge in [-0.3, -0.25) is 0 Å². The van der Waals surface area contributed by atoms with Crippen LogP contribution in [0.5, 0.6) is 0 Å². The highest BCUT2D eigenvalue weighted by Crippen LogP contribution is 2.30. The Bertz CT molecular complexity index is 361. The molecule has 0 spiro atoms. The summed E-state index contributed by atoms with van der Waals surface area (Å²) in [6.07, 6.45) is -4.73. The van der Waals surface area contributed by atoms with E-state index >= 15 is 0 Å². The van der Waals surface area contributed by atoms with Crippen molar-refractivity contribution in [3.63, 3.8) is 0 Å². The second-order valence-electron chi connectivity index (χ2n) is 4.51. The van der Waals surface area contributed by atoms with Crippen molar-refractivity contribution in [2.45, 2.75) is 36.8 Å². The van der Waals surface area contributed by atoms with Crippen molar-refractivity contribution >= 4 is 23.9 Å². The highest BCUT2D eigenvalue weighted by molar-refractivity contribution is 5.76. The fourth-order valence-corrected chi connectivity index (χ4v) is 1.86. The Morgan fingerprint density at radius 1 is 0.600 bits per heavy atom. The molecule has 20 heavy (non-hydrogen) atoms. The van der Waals surface area contributed by atoms with Gasteiger partial charge in [0.05, 0.1) is 0 Å². The molecule has 0 saturated carbocycles. The van der Waals surface area contributed by atoms with Crippen LogP contribution in [-0.2, 0) is 19.2 Å². The van der Waals surface area contributed by atoms with Gasteiger partial charge in [0.2, 0.25) is 0 Å². The van der Waals surface area contributed by atoms with E-state index in [-0.39, 0.29) is 0 Å². The molecule has 114 valence electrons. The van der Waals surface area contributed by atoms with Gasteiger partial charge in [-0.2, -0.15) is 0 Å². The third-order valence-electron chi connectivity index (χ3n) is 2.83. The second kappa shape index (κ2) is 6.30. The molecule has 0 rings (SSSR count). The third-order valence-corrected chi connectivity index (χ3v) is 2.83. The van der Waals surface area contributed by atoms with Gasteiger partial charge in [-0.05, 0) is 0 Å². The van der Waals surface area contributed by atoms with Crippen LogP contribution < -0.4 is 31.9 Å². The molecule has 0 fully saturated rings. The lowest BCUT2D eigenvalue weighted by atomic mass is 9.69. The number of carbonyl (C=O) groups excluding carboxylic acids is 4. The second-order valence-corrected chi connectivity index (χ2v) is 4.51. The predicted molar refractivity (Wildman–Crippen MR) is 52.3 cm³/mol. The molecule has 0 heterocycles. The molecule has 0 aliphatic heterocycles. The van der Waals surface area contributed by atoms with Crippen molar-refractivity contribution in [1.29, 1.82) is 0 Å². The summed E-state index contributed by atoms with van der Waals surface area (Å²) in [7, 11) is 0. The van der Waals surface area contributed by atoms with Crippen LogP contribution in [0.25, 0.3) is 0 Å². The number of rotatable bonds is 9. The first kappa shape index (κ1) is 17.8. The number of carbonyl (C=O) groups is 4. The van der Waals surface area contributed by atoms with Crippen LogP contribution >= 0.6 is 0 Å². The van der Waals surface area contributed by atoms with Crippen LogP contribution in [0.3, 0.4) is 0 Å². The Balaban J connectivity index is 5.70. The average molecular weight is 288 g/mol. The van der Waals surface area contributed by atoms with Crippen LogP contribution in [0.1, 0.15) is 25.7 Å². The molecule has 0 aromatic carbocycles. The Labute approximate surface area is 113 Å². The van der Waals surface area contributed by atoms with Crippen molar-refractivity contribution in [2.75, 3.05) is 0 Å². The molecule has 0 amide bonds. The minimum atomic E-state index is -2.43. The lowest BCUT2D eigenvalue weighted by Gasteiger charge is -2.47. The number of hydrogen-bond acceptors (Lipinski definition) is 10. The van der Waals surface area contributed by atoms with E-state index in [1.54, 1.807) is 0 Å². The van der Waals surface area contributed by atoms with Gasteiger partial charge >= 0.3 is 0 Å². The molecule has 0 radical (unpaired) electrons. The molecule has 0 aromatic rings. The molecule has 0 bridgehead atoms. The van der Waals surface area contributed by atoms with Gasteiger partial charge in [-0.25, -0.2) is 0 Å². The maximum atomic E-state index is 10.6. The van der Waals surface area contributed by atoms with Crippen LogP contribution in [0.2, 0.25) is 0 Å². The first-order valence-corrected chi connectivity index (χ1v) is 5.29. The molecular formula is C10H12N2O8-4. The molecule has 0 aliphatic carbocycles. The molecule has 0 unspecified atom stereocenters. The lowest BCUT2D eigenvalue weighted by Crippen LogP contribution is -2.71.